The topological polar surface area (TPSA) is 76.7 Å². The molecule has 3 N–H and O–H groups in total. The summed E-state index contributed by atoms with van der Waals surface area (Å²) in [4.78, 5) is 13.0. The van der Waals surface area contributed by atoms with Crippen LogP contribution in [0.2, 0.25) is 0 Å². The van der Waals surface area contributed by atoms with Gasteiger partial charge in [-0.25, -0.2) is 15.8 Å². The second kappa shape index (κ2) is 4.38. The first-order valence-electron chi connectivity index (χ1n) is 5.52. The molecule has 0 saturated heterocycles. The van der Waals surface area contributed by atoms with Crippen molar-refractivity contribution in [2.45, 2.75) is 0 Å². The second-order valence-corrected chi connectivity index (χ2v) is 3.80. The van der Waals surface area contributed by atoms with Crippen LogP contribution in [-0.4, -0.2) is 15.0 Å². The Kier molecular flexibility index (Phi) is 2.59. The van der Waals surface area contributed by atoms with Crippen LogP contribution in [0, 0.1) is 0 Å². The number of nitrogens with zero attached hydrogens (tertiary/aromatic N) is 3. The molecule has 3 rings (SSSR count). The molecule has 5 heteroatoms. The van der Waals surface area contributed by atoms with E-state index >= 15 is 0 Å². The number of para-hydroxylation sites is 1. The summed E-state index contributed by atoms with van der Waals surface area (Å²) in [6, 6.07) is 11.5. The molecule has 0 fully saturated rings. The summed E-state index contributed by atoms with van der Waals surface area (Å²) in [6.45, 7) is 0. The van der Waals surface area contributed by atoms with E-state index in [2.05, 4.69) is 20.4 Å². The number of nitrogens with two attached hydrogens (primary N) is 1. The molecule has 5 nitrogen and oxygen atoms in total. The Hall–Kier alpha value is -2.53. The molecule has 0 unspecified atom stereocenters. The third-order valence-corrected chi connectivity index (χ3v) is 2.66. The van der Waals surface area contributed by atoms with Crippen molar-refractivity contribution < 1.29 is 0 Å². The molecule has 2 heterocycles. The number of hydrazine groups is 1. The monoisotopic (exact) mass is 237 g/mol. The molecule has 0 saturated carbocycles. The number of hydrogen-bond acceptors (Lipinski definition) is 5. The fourth-order valence-electron chi connectivity index (χ4n) is 1.81. The first kappa shape index (κ1) is 10.6. The highest BCUT2D eigenvalue weighted by molar-refractivity contribution is 5.90. The van der Waals surface area contributed by atoms with E-state index in [-0.39, 0.29) is 0 Å². The van der Waals surface area contributed by atoms with E-state index in [0.29, 0.717) is 11.6 Å². The minimum Gasteiger partial charge on any atom is -0.308 e. The molecular formula is C13H11N5. The summed E-state index contributed by atoms with van der Waals surface area (Å²) < 4.78 is 0. The number of nitrogen functional groups attached to an aromatic ring is 1. The van der Waals surface area contributed by atoms with Gasteiger partial charge in [-0.05, 0) is 24.3 Å². The van der Waals surface area contributed by atoms with Crippen LogP contribution in [0.4, 0.5) is 5.82 Å². The summed E-state index contributed by atoms with van der Waals surface area (Å²) in [7, 11) is 0. The number of fused-ring (bicyclic) bond motifs is 1. The van der Waals surface area contributed by atoms with Crippen LogP contribution in [0.5, 0.6) is 0 Å². The Morgan fingerprint density at radius 2 is 1.89 bits per heavy atom. The van der Waals surface area contributed by atoms with Crippen LogP contribution in [0.25, 0.3) is 22.3 Å². The molecule has 0 aliphatic rings. The summed E-state index contributed by atoms with van der Waals surface area (Å²) in [6.07, 6.45) is 3.44. The minimum absolute atomic E-state index is 0.606. The van der Waals surface area contributed by atoms with Crippen molar-refractivity contribution in [3.8, 4) is 11.4 Å². The fourth-order valence-corrected chi connectivity index (χ4v) is 1.81. The van der Waals surface area contributed by atoms with Crippen molar-refractivity contribution in [3.63, 3.8) is 0 Å². The maximum absolute atomic E-state index is 5.51. The smallest absolute Gasteiger partial charge is 0.163 e. The van der Waals surface area contributed by atoms with Gasteiger partial charge in [0.05, 0.1) is 5.52 Å². The zero-order chi connectivity index (χ0) is 12.4. The highest BCUT2D eigenvalue weighted by atomic mass is 15.3. The Morgan fingerprint density at radius 1 is 1.00 bits per heavy atom. The van der Waals surface area contributed by atoms with Gasteiger partial charge in [0.25, 0.3) is 0 Å². The number of nitrogens with one attached hydrogen (secondary N) is 1. The number of pyridine rings is 1. The van der Waals surface area contributed by atoms with Crippen molar-refractivity contribution >= 4 is 16.7 Å². The average molecular weight is 237 g/mol. The lowest BCUT2D eigenvalue weighted by Crippen LogP contribution is -2.10. The summed E-state index contributed by atoms with van der Waals surface area (Å²) in [5, 5.41) is 0.896. The van der Waals surface area contributed by atoms with Gasteiger partial charge in [-0.2, -0.15) is 0 Å². The number of rotatable bonds is 2. The lowest BCUT2D eigenvalue weighted by molar-refractivity contribution is 1.18. The zero-order valence-electron chi connectivity index (χ0n) is 9.54. The lowest BCUT2D eigenvalue weighted by atomic mass is 10.2. The van der Waals surface area contributed by atoms with Gasteiger partial charge in [0.15, 0.2) is 11.6 Å². The molecule has 0 amide bonds. The first-order valence-corrected chi connectivity index (χ1v) is 5.52. The van der Waals surface area contributed by atoms with Crippen LogP contribution < -0.4 is 11.3 Å². The van der Waals surface area contributed by atoms with Crippen LogP contribution in [0.15, 0.2) is 48.8 Å². The van der Waals surface area contributed by atoms with Crippen molar-refractivity contribution in [3.05, 3.63) is 48.8 Å². The molecule has 0 radical (unpaired) electrons. The van der Waals surface area contributed by atoms with Crippen LogP contribution in [-0.2, 0) is 0 Å². The number of hydrogen-bond donors (Lipinski definition) is 2. The van der Waals surface area contributed by atoms with Gasteiger partial charge < -0.3 is 5.43 Å². The Morgan fingerprint density at radius 3 is 2.67 bits per heavy atom. The number of aromatic nitrogens is 3. The minimum atomic E-state index is 0.606. The normalized spacial score (nSPS) is 10.5. The Labute approximate surface area is 104 Å². The van der Waals surface area contributed by atoms with Gasteiger partial charge in [0, 0.05) is 23.3 Å². The van der Waals surface area contributed by atoms with Gasteiger partial charge in [-0.3, -0.25) is 4.98 Å². The molecular weight excluding hydrogens is 226 g/mol. The molecule has 0 atom stereocenters. The molecule has 2 aromatic heterocycles. The van der Waals surface area contributed by atoms with Gasteiger partial charge >= 0.3 is 0 Å². The maximum atomic E-state index is 5.51. The van der Waals surface area contributed by atoms with Crippen molar-refractivity contribution in [1.29, 1.82) is 0 Å². The van der Waals surface area contributed by atoms with Crippen molar-refractivity contribution in [2.75, 3.05) is 5.43 Å². The zero-order valence-corrected chi connectivity index (χ0v) is 9.54. The van der Waals surface area contributed by atoms with Crippen LogP contribution in [0.1, 0.15) is 0 Å². The van der Waals surface area contributed by atoms with E-state index in [1.54, 1.807) is 12.4 Å². The lowest BCUT2D eigenvalue weighted by Gasteiger charge is -2.07. The molecule has 0 bridgehead atoms. The number of benzene rings is 1. The third-order valence-electron chi connectivity index (χ3n) is 2.66. The van der Waals surface area contributed by atoms with Crippen molar-refractivity contribution in [1.82, 2.24) is 15.0 Å². The Bertz CT molecular complexity index is 681. The Balaban J connectivity index is 2.26. The highest BCUT2D eigenvalue weighted by Crippen LogP contribution is 2.23. The molecule has 88 valence electrons. The summed E-state index contributed by atoms with van der Waals surface area (Å²) >= 11 is 0. The number of anilines is 1. The molecule has 0 spiro atoms. The van der Waals surface area contributed by atoms with Crippen molar-refractivity contribution in [2.24, 2.45) is 5.84 Å². The predicted octanol–water partition coefficient (Wildman–Crippen LogP) is 1.98. The fraction of sp³-hybridized carbons (Fsp3) is 0. The molecule has 18 heavy (non-hydrogen) atoms. The SMILES string of the molecule is NNc1nc(-c2cccnc2)nc2ccccc12. The first-order chi connectivity index (χ1) is 8.88. The second-order valence-electron chi connectivity index (χ2n) is 3.80. The van der Waals surface area contributed by atoms with Gasteiger partial charge in [-0.15, -0.1) is 0 Å². The summed E-state index contributed by atoms with van der Waals surface area (Å²) in [5.74, 6) is 6.72. The standard InChI is InChI=1S/C13H11N5/c14-18-13-10-5-1-2-6-11(10)16-12(17-13)9-4-3-7-15-8-9/h1-8H,14H2,(H,16,17,18). The van der Waals surface area contributed by atoms with E-state index < -0.39 is 0 Å². The van der Waals surface area contributed by atoms with Gasteiger partial charge in [-0.1, -0.05) is 12.1 Å². The predicted molar refractivity (Wildman–Crippen MR) is 70.6 cm³/mol. The maximum Gasteiger partial charge on any atom is 0.163 e. The van der Waals surface area contributed by atoms with E-state index in [0.717, 1.165) is 16.5 Å². The van der Waals surface area contributed by atoms with Crippen LogP contribution >= 0.6 is 0 Å². The van der Waals surface area contributed by atoms with E-state index in [4.69, 9.17) is 5.84 Å². The average Bonchev–Trinajstić information content (AvgIpc) is 2.47. The quantitative estimate of drug-likeness (QED) is 0.526. The highest BCUT2D eigenvalue weighted by Gasteiger charge is 2.07. The molecule has 1 aromatic carbocycles. The van der Waals surface area contributed by atoms with E-state index in [9.17, 15) is 0 Å². The largest absolute Gasteiger partial charge is 0.308 e. The van der Waals surface area contributed by atoms with E-state index in [1.165, 1.54) is 0 Å². The molecule has 0 aliphatic heterocycles. The summed E-state index contributed by atoms with van der Waals surface area (Å²) in [5.41, 5.74) is 4.32. The molecule has 3 aromatic rings. The van der Waals surface area contributed by atoms with Crippen LogP contribution in [0.3, 0.4) is 0 Å². The molecule has 0 aliphatic carbocycles. The van der Waals surface area contributed by atoms with Gasteiger partial charge in [0.1, 0.15) is 0 Å². The van der Waals surface area contributed by atoms with E-state index in [1.807, 2.05) is 36.4 Å². The third kappa shape index (κ3) is 1.76. The van der Waals surface area contributed by atoms with Gasteiger partial charge in [0.2, 0.25) is 0 Å².